The van der Waals surface area contributed by atoms with Crippen molar-refractivity contribution in [1.29, 1.82) is 0 Å². The Hall–Kier alpha value is -1.93. The van der Waals surface area contributed by atoms with E-state index < -0.39 is 21.8 Å². The molecule has 1 aliphatic rings. The first kappa shape index (κ1) is 14.5. The summed E-state index contributed by atoms with van der Waals surface area (Å²) in [5, 5.41) is 10.2. The molecule has 20 heavy (non-hydrogen) atoms. The summed E-state index contributed by atoms with van der Waals surface area (Å²) in [6.45, 7) is 0.589. The minimum absolute atomic E-state index is 0.0362. The van der Waals surface area contributed by atoms with Gasteiger partial charge in [0.25, 0.3) is 0 Å². The fourth-order valence-electron chi connectivity index (χ4n) is 1.98. The second kappa shape index (κ2) is 5.59. The fraction of sp³-hybridized carbons (Fsp3) is 0.333. The first-order valence-electron chi connectivity index (χ1n) is 6.09. The monoisotopic (exact) mass is 297 g/mol. The van der Waals surface area contributed by atoms with Crippen LogP contribution in [0.1, 0.15) is 12.8 Å². The van der Waals surface area contributed by atoms with E-state index >= 15 is 0 Å². The topological polar surface area (TPSA) is 118 Å². The number of amides is 2. The fourth-order valence-corrected chi connectivity index (χ4v) is 2.49. The molecular formula is C12H15N3O4S. The van der Waals surface area contributed by atoms with E-state index in [1.807, 2.05) is 0 Å². The summed E-state index contributed by atoms with van der Waals surface area (Å²) in [5.41, 5.74) is 0.417. The summed E-state index contributed by atoms with van der Waals surface area (Å²) < 4.78 is 22.2. The second-order valence-electron chi connectivity index (χ2n) is 4.54. The molecule has 1 aromatic carbocycles. The molecule has 0 spiro atoms. The number of hydrogen-bond acceptors (Lipinski definition) is 4. The Balaban J connectivity index is 2.06. The lowest BCUT2D eigenvalue weighted by Gasteiger charge is -2.21. The molecule has 108 valence electrons. The highest BCUT2D eigenvalue weighted by atomic mass is 32.2. The lowest BCUT2D eigenvalue weighted by atomic mass is 9.98. The molecule has 1 heterocycles. The Kier molecular flexibility index (Phi) is 4.05. The zero-order valence-electron chi connectivity index (χ0n) is 10.6. The highest BCUT2D eigenvalue weighted by Gasteiger charge is 2.28. The minimum atomic E-state index is -3.75. The molecule has 0 unspecified atom stereocenters. The van der Waals surface area contributed by atoms with E-state index in [-0.39, 0.29) is 10.8 Å². The summed E-state index contributed by atoms with van der Waals surface area (Å²) in [5.74, 6) is -1.39. The van der Waals surface area contributed by atoms with Crippen LogP contribution in [0.2, 0.25) is 0 Å². The molecule has 4 N–H and O–H groups in total. The van der Waals surface area contributed by atoms with Gasteiger partial charge in [-0.25, -0.2) is 13.6 Å². The van der Waals surface area contributed by atoms with E-state index in [0.29, 0.717) is 18.7 Å². The molecule has 1 atom stereocenters. The summed E-state index contributed by atoms with van der Waals surface area (Å²) in [4.78, 5) is 23.5. The van der Waals surface area contributed by atoms with Crippen LogP contribution in [-0.4, -0.2) is 26.8 Å². The van der Waals surface area contributed by atoms with E-state index in [4.69, 9.17) is 5.14 Å². The summed E-state index contributed by atoms with van der Waals surface area (Å²) in [6.07, 6.45) is 1.26. The molecular weight excluding hydrogens is 282 g/mol. The van der Waals surface area contributed by atoms with E-state index in [0.717, 1.165) is 6.42 Å². The van der Waals surface area contributed by atoms with Crippen LogP contribution >= 0.6 is 0 Å². The smallest absolute Gasteiger partial charge is 0.238 e. The molecule has 0 saturated carbocycles. The van der Waals surface area contributed by atoms with Gasteiger partial charge in [-0.15, -0.1) is 0 Å². The van der Waals surface area contributed by atoms with Gasteiger partial charge in [0.2, 0.25) is 21.8 Å². The third kappa shape index (κ3) is 3.34. The molecule has 1 fully saturated rings. The average Bonchev–Trinajstić information content (AvgIpc) is 2.38. The van der Waals surface area contributed by atoms with Crippen LogP contribution in [0.15, 0.2) is 29.2 Å². The van der Waals surface area contributed by atoms with Crippen molar-refractivity contribution in [2.24, 2.45) is 11.1 Å². The first-order chi connectivity index (χ1) is 9.38. The van der Waals surface area contributed by atoms with Gasteiger partial charge < -0.3 is 10.6 Å². The Morgan fingerprint density at radius 2 is 1.95 bits per heavy atom. The number of nitrogens with two attached hydrogens (primary N) is 1. The highest BCUT2D eigenvalue weighted by molar-refractivity contribution is 7.89. The van der Waals surface area contributed by atoms with Gasteiger partial charge in [0.05, 0.1) is 4.90 Å². The zero-order valence-corrected chi connectivity index (χ0v) is 11.4. The predicted molar refractivity (Wildman–Crippen MR) is 72.2 cm³/mol. The van der Waals surface area contributed by atoms with Crippen molar-refractivity contribution >= 4 is 27.5 Å². The molecule has 1 aliphatic heterocycles. The van der Waals surface area contributed by atoms with Crippen molar-refractivity contribution in [2.45, 2.75) is 17.7 Å². The number of anilines is 1. The highest BCUT2D eigenvalue weighted by Crippen LogP contribution is 2.17. The van der Waals surface area contributed by atoms with Crippen LogP contribution < -0.4 is 15.8 Å². The summed E-state index contributed by atoms with van der Waals surface area (Å²) in [6, 6.07) is 5.45. The predicted octanol–water partition coefficient (Wildman–Crippen LogP) is -0.201. The molecule has 2 amide bonds. The number of primary sulfonamides is 1. The van der Waals surface area contributed by atoms with Crippen LogP contribution in [0, 0.1) is 5.92 Å². The van der Waals surface area contributed by atoms with E-state index in [1.165, 1.54) is 24.3 Å². The molecule has 0 aromatic heterocycles. The molecule has 0 radical (unpaired) electrons. The van der Waals surface area contributed by atoms with Crippen molar-refractivity contribution in [1.82, 2.24) is 5.32 Å². The number of rotatable bonds is 3. The maximum absolute atomic E-state index is 11.9. The van der Waals surface area contributed by atoms with Gasteiger partial charge in [-0.05, 0) is 37.1 Å². The van der Waals surface area contributed by atoms with Gasteiger partial charge in [0, 0.05) is 12.2 Å². The zero-order chi connectivity index (χ0) is 14.8. The Morgan fingerprint density at radius 3 is 2.50 bits per heavy atom. The molecule has 0 aliphatic carbocycles. The van der Waals surface area contributed by atoms with Gasteiger partial charge in [-0.1, -0.05) is 0 Å². The van der Waals surface area contributed by atoms with Crippen LogP contribution in [0.25, 0.3) is 0 Å². The van der Waals surface area contributed by atoms with Crippen molar-refractivity contribution in [3.63, 3.8) is 0 Å². The Morgan fingerprint density at radius 1 is 1.30 bits per heavy atom. The lowest BCUT2D eigenvalue weighted by Crippen LogP contribution is -2.42. The normalized spacial score (nSPS) is 19.2. The SMILES string of the molecule is NS(=O)(=O)c1ccc(NC(=O)[C@@H]2CCCNC2=O)cc1. The lowest BCUT2D eigenvalue weighted by molar-refractivity contribution is -0.134. The summed E-state index contributed by atoms with van der Waals surface area (Å²) >= 11 is 0. The van der Waals surface area contributed by atoms with Gasteiger partial charge in [-0.2, -0.15) is 0 Å². The van der Waals surface area contributed by atoms with Crippen LogP contribution in [0.5, 0.6) is 0 Å². The number of benzene rings is 1. The largest absolute Gasteiger partial charge is 0.355 e. The van der Waals surface area contributed by atoms with Gasteiger partial charge in [0.1, 0.15) is 5.92 Å². The maximum Gasteiger partial charge on any atom is 0.238 e. The number of sulfonamides is 1. The molecule has 2 rings (SSSR count). The Bertz CT molecular complexity index is 625. The van der Waals surface area contributed by atoms with Gasteiger partial charge in [-0.3, -0.25) is 9.59 Å². The quantitative estimate of drug-likeness (QED) is 0.669. The van der Waals surface area contributed by atoms with Crippen LogP contribution in [0.4, 0.5) is 5.69 Å². The van der Waals surface area contributed by atoms with Crippen molar-refractivity contribution in [3.05, 3.63) is 24.3 Å². The summed E-state index contributed by atoms with van der Waals surface area (Å²) in [7, 11) is -3.75. The molecule has 1 aromatic rings. The van der Waals surface area contributed by atoms with E-state index in [1.54, 1.807) is 0 Å². The number of carbonyl (C=O) groups is 2. The molecule has 7 nitrogen and oxygen atoms in total. The molecule has 0 bridgehead atoms. The second-order valence-corrected chi connectivity index (χ2v) is 6.11. The number of nitrogens with one attached hydrogen (secondary N) is 2. The number of hydrogen-bond donors (Lipinski definition) is 3. The number of piperidine rings is 1. The van der Waals surface area contributed by atoms with Crippen molar-refractivity contribution < 1.29 is 18.0 Å². The van der Waals surface area contributed by atoms with Gasteiger partial charge in [0.15, 0.2) is 0 Å². The first-order valence-corrected chi connectivity index (χ1v) is 7.64. The van der Waals surface area contributed by atoms with Gasteiger partial charge >= 0.3 is 0 Å². The maximum atomic E-state index is 11.9. The average molecular weight is 297 g/mol. The van der Waals surface area contributed by atoms with Crippen molar-refractivity contribution in [3.8, 4) is 0 Å². The van der Waals surface area contributed by atoms with E-state index in [9.17, 15) is 18.0 Å². The van der Waals surface area contributed by atoms with Crippen molar-refractivity contribution in [2.75, 3.05) is 11.9 Å². The Labute approximate surface area is 116 Å². The molecule has 1 saturated heterocycles. The number of carbonyl (C=O) groups excluding carboxylic acids is 2. The third-order valence-corrected chi connectivity index (χ3v) is 3.98. The molecule has 8 heteroatoms. The van der Waals surface area contributed by atoms with E-state index in [2.05, 4.69) is 10.6 Å². The standard InChI is InChI=1S/C12H15N3O4S/c13-20(18,19)9-5-3-8(4-6-9)15-12(17)10-2-1-7-14-11(10)16/h3-6,10H,1-2,7H2,(H,14,16)(H,15,17)(H2,13,18,19)/t10-/m1/s1. The van der Waals surface area contributed by atoms with Crippen LogP contribution in [-0.2, 0) is 19.6 Å². The third-order valence-electron chi connectivity index (χ3n) is 3.05. The van der Waals surface area contributed by atoms with Crippen LogP contribution in [0.3, 0.4) is 0 Å². The minimum Gasteiger partial charge on any atom is -0.355 e.